The summed E-state index contributed by atoms with van der Waals surface area (Å²) < 4.78 is 4.90. The molecule has 0 aliphatic carbocycles. The van der Waals surface area contributed by atoms with Crippen molar-refractivity contribution in [3.63, 3.8) is 0 Å². The molecule has 138 valence electrons. The summed E-state index contributed by atoms with van der Waals surface area (Å²) in [5.41, 5.74) is 0.225. The number of carboxylic acid groups (broad SMARTS) is 1. The standard InChI is InChI=1S/C21H24O5/c1-21(20(25)26-2,14-16-11-7-4-8-12-16)18(22)17(19(23)24)13-15-9-5-3-6-10-15/h3-12,17-18,22H,13-14H2,1-2H3,(H,23,24). The van der Waals surface area contributed by atoms with Crippen LogP contribution in [0.3, 0.4) is 0 Å². The third-order valence-electron chi connectivity index (χ3n) is 4.72. The van der Waals surface area contributed by atoms with Crippen LogP contribution in [0.2, 0.25) is 0 Å². The predicted molar refractivity (Wildman–Crippen MR) is 97.5 cm³/mol. The van der Waals surface area contributed by atoms with Crippen molar-refractivity contribution >= 4 is 11.9 Å². The Labute approximate surface area is 153 Å². The average molecular weight is 356 g/mol. The summed E-state index contributed by atoms with van der Waals surface area (Å²) in [4.78, 5) is 24.3. The van der Waals surface area contributed by atoms with Crippen molar-refractivity contribution in [1.82, 2.24) is 0 Å². The molecule has 2 aromatic carbocycles. The second-order valence-electron chi connectivity index (χ2n) is 6.65. The number of carbonyl (C=O) groups excluding carboxylic acids is 1. The predicted octanol–water partition coefficient (Wildman–Crippen LogP) is 2.71. The number of aliphatic hydroxyl groups excluding tert-OH is 1. The van der Waals surface area contributed by atoms with Crippen molar-refractivity contribution in [2.45, 2.75) is 25.9 Å². The summed E-state index contributed by atoms with van der Waals surface area (Å²) in [5.74, 6) is -2.91. The Hall–Kier alpha value is -2.66. The summed E-state index contributed by atoms with van der Waals surface area (Å²) in [6.45, 7) is 1.55. The zero-order valence-electron chi connectivity index (χ0n) is 15.0. The third kappa shape index (κ3) is 4.49. The lowest BCUT2D eigenvalue weighted by molar-refractivity contribution is -0.166. The lowest BCUT2D eigenvalue weighted by Gasteiger charge is -2.35. The van der Waals surface area contributed by atoms with Crippen LogP contribution >= 0.6 is 0 Å². The Morgan fingerprint density at radius 3 is 1.96 bits per heavy atom. The van der Waals surface area contributed by atoms with Crippen LogP contribution in [0.4, 0.5) is 0 Å². The molecule has 0 aromatic heterocycles. The minimum absolute atomic E-state index is 0.124. The topological polar surface area (TPSA) is 83.8 Å². The number of hydrogen-bond acceptors (Lipinski definition) is 4. The molecule has 0 amide bonds. The van der Waals surface area contributed by atoms with Crippen molar-refractivity contribution in [2.24, 2.45) is 11.3 Å². The van der Waals surface area contributed by atoms with Gasteiger partial charge in [-0.3, -0.25) is 9.59 Å². The van der Waals surface area contributed by atoms with E-state index in [9.17, 15) is 19.8 Å². The number of benzene rings is 2. The van der Waals surface area contributed by atoms with Gasteiger partial charge in [0, 0.05) is 0 Å². The van der Waals surface area contributed by atoms with Crippen LogP contribution in [0.15, 0.2) is 60.7 Å². The number of carboxylic acids is 1. The van der Waals surface area contributed by atoms with E-state index in [1.807, 2.05) is 48.5 Å². The van der Waals surface area contributed by atoms with E-state index in [0.29, 0.717) is 0 Å². The quantitative estimate of drug-likeness (QED) is 0.711. The SMILES string of the molecule is COC(=O)C(C)(Cc1ccccc1)C(O)C(Cc1ccccc1)C(=O)O. The molecule has 0 saturated heterocycles. The highest BCUT2D eigenvalue weighted by atomic mass is 16.5. The number of carbonyl (C=O) groups is 2. The summed E-state index contributed by atoms with van der Waals surface area (Å²) >= 11 is 0. The lowest BCUT2D eigenvalue weighted by Crippen LogP contribution is -2.49. The van der Waals surface area contributed by atoms with Crippen LogP contribution in [0.5, 0.6) is 0 Å². The summed E-state index contributed by atoms with van der Waals surface area (Å²) in [6.07, 6.45) is -1.10. The number of rotatable bonds is 8. The maximum atomic E-state index is 12.5. The van der Waals surface area contributed by atoms with Crippen LogP contribution in [0.25, 0.3) is 0 Å². The summed E-state index contributed by atoms with van der Waals surface area (Å²) in [6, 6.07) is 18.2. The molecule has 0 aliphatic rings. The Bertz CT molecular complexity index is 729. The van der Waals surface area contributed by atoms with Crippen molar-refractivity contribution < 1.29 is 24.5 Å². The van der Waals surface area contributed by atoms with Gasteiger partial charge in [-0.15, -0.1) is 0 Å². The van der Waals surface area contributed by atoms with E-state index in [0.717, 1.165) is 11.1 Å². The van der Waals surface area contributed by atoms with Crippen LogP contribution in [0, 0.1) is 11.3 Å². The van der Waals surface area contributed by atoms with Crippen LogP contribution < -0.4 is 0 Å². The van der Waals surface area contributed by atoms with Gasteiger partial charge in [0.15, 0.2) is 0 Å². The van der Waals surface area contributed by atoms with Crippen molar-refractivity contribution in [1.29, 1.82) is 0 Å². The molecular weight excluding hydrogens is 332 g/mol. The lowest BCUT2D eigenvalue weighted by atomic mass is 9.72. The van der Waals surface area contributed by atoms with Gasteiger partial charge < -0.3 is 14.9 Å². The molecule has 2 aromatic rings. The maximum absolute atomic E-state index is 12.5. The van der Waals surface area contributed by atoms with Crippen LogP contribution in [-0.2, 0) is 27.2 Å². The first kappa shape index (κ1) is 19.7. The highest BCUT2D eigenvalue weighted by molar-refractivity contribution is 5.80. The van der Waals surface area contributed by atoms with Crippen molar-refractivity contribution in [2.75, 3.05) is 7.11 Å². The monoisotopic (exact) mass is 356 g/mol. The van der Waals surface area contributed by atoms with Crippen LogP contribution in [-0.4, -0.2) is 35.4 Å². The van der Waals surface area contributed by atoms with Crippen LogP contribution in [0.1, 0.15) is 18.1 Å². The second-order valence-corrected chi connectivity index (χ2v) is 6.65. The first-order valence-electron chi connectivity index (χ1n) is 8.45. The zero-order valence-corrected chi connectivity index (χ0v) is 15.0. The van der Waals surface area contributed by atoms with Crippen molar-refractivity contribution in [3.8, 4) is 0 Å². The fraction of sp³-hybridized carbons (Fsp3) is 0.333. The van der Waals surface area contributed by atoms with Gasteiger partial charge >= 0.3 is 11.9 Å². The zero-order chi connectivity index (χ0) is 19.2. The number of methoxy groups -OCH3 is 1. The minimum atomic E-state index is -1.41. The van der Waals surface area contributed by atoms with Gasteiger partial charge in [0.1, 0.15) is 0 Å². The third-order valence-corrected chi connectivity index (χ3v) is 4.72. The van der Waals surface area contributed by atoms with Gasteiger partial charge in [-0.05, 0) is 30.9 Å². The van der Waals surface area contributed by atoms with E-state index < -0.39 is 29.4 Å². The molecular formula is C21H24O5. The first-order chi connectivity index (χ1) is 12.4. The number of aliphatic hydroxyl groups is 1. The first-order valence-corrected chi connectivity index (χ1v) is 8.45. The fourth-order valence-corrected chi connectivity index (χ4v) is 3.20. The smallest absolute Gasteiger partial charge is 0.314 e. The molecule has 0 aliphatic heterocycles. The molecule has 5 heteroatoms. The molecule has 0 fully saturated rings. The second kappa shape index (κ2) is 8.63. The highest BCUT2D eigenvalue weighted by Gasteiger charge is 2.47. The number of hydrogen-bond donors (Lipinski definition) is 2. The molecule has 0 saturated carbocycles. The molecule has 2 rings (SSSR count). The molecule has 2 N–H and O–H groups in total. The fourth-order valence-electron chi connectivity index (χ4n) is 3.20. The number of esters is 1. The molecule has 3 atom stereocenters. The Morgan fingerprint density at radius 1 is 1.00 bits per heavy atom. The van der Waals surface area contributed by atoms with E-state index in [-0.39, 0.29) is 12.8 Å². The van der Waals surface area contributed by atoms with Gasteiger partial charge in [-0.2, -0.15) is 0 Å². The van der Waals surface area contributed by atoms with E-state index in [4.69, 9.17) is 4.74 Å². The van der Waals surface area contributed by atoms with E-state index in [2.05, 4.69) is 0 Å². The summed E-state index contributed by atoms with van der Waals surface area (Å²) in [5, 5.41) is 20.6. The van der Waals surface area contributed by atoms with E-state index in [1.54, 1.807) is 19.1 Å². The maximum Gasteiger partial charge on any atom is 0.314 e. The molecule has 0 heterocycles. The Morgan fingerprint density at radius 2 is 1.50 bits per heavy atom. The van der Waals surface area contributed by atoms with Gasteiger partial charge in [0.2, 0.25) is 0 Å². The molecule has 0 bridgehead atoms. The molecule has 0 spiro atoms. The van der Waals surface area contributed by atoms with Gasteiger partial charge in [0.25, 0.3) is 0 Å². The molecule has 0 radical (unpaired) electrons. The minimum Gasteiger partial charge on any atom is -0.481 e. The number of aliphatic carboxylic acids is 1. The Kier molecular flexibility index (Phi) is 6.52. The van der Waals surface area contributed by atoms with Gasteiger partial charge in [-0.1, -0.05) is 60.7 Å². The largest absolute Gasteiger partial charge is 0.481 e. The average Bonchev–Trinajstić information content (AvgIpc) is 2.66. The van der Waals surface area contributed by atoms with Crippen molar-refractivity contribution in [3.05, 3.63) is 71.8 Å². The van der Waals surface area contributed by atoms with Gasteiger partial charge in [0.05, 0.1) is 24.5 Å². The number of ether oxygens (including phenoxy) is 1. The van der Waals surface area contributed by atoms with E-state index >= 15 is 0 Å². The molecule has 3 unspecified atom stereocenters. The normalized spacial score (nSPS) is 15.5. The van der Waals surface area contributed by atoms with Gasteiger partial charge in [-0.25, -0.2) is 0 Å². The highest BCUT2D eigenvalue weighted by Crippen LogP contribution is 2.34. The Balaban J connectivity index is 2.34. The van der Waals surface area contributed by atoms with E-state index in [1.165, 1.54) is 7.11 Å². The molecule has 5 nitrogen and oxygen atoms in total. The summed E-state index contributed by atoms with van der Waals surface area (Å²) in [7, 11) is 1.24. The molecule has 26 heavy (non-hydrogen) atoms.